The fourth-order valence-corrected chi connectivity index (χ4v) is 2.51. The van der Waals surface area contributed by atoms with Crippen molar-refractivity contribution in [2.45, 2.75) is 6.42 Å². The molecule has 0 bridgehead atoms. The van der Waals surface area contributed by atoms with Gasteiger partial charge in [0.05, 0.1) is 12.1 Å². The van der Waals surface area contributed by atoms with E-state index in [4.69, 9.17) is 4.74 Å². The Balaban J connectivity index is 2.08. The molecule has 0 unspecified atom stereocenters. The van der Waals surface area contributed by atoms with E-state index in [-0.39, 0.29) is 0 Å². The highest BCUT2D eigenvalue weighted by molar-refractivity contribution is 5.83. The molecule has 1 aromatic carbocycles. The Kier molecular flexibility index (Phi) is 3.50. The molecule has 0 aliphatic rings. The molecular weight excluding hydrogens is 250 g/mol. The first kappa shape index (κ1) is 12.5. The van der Waals surface area contributed by atoms with E-state index < -0.39 is 0 Å². The van der Waals surface area contributed by atoms with Crippen molar-refractivity contribution in [1.82, 2.24) is 4.40 Å². The van der Waals surface area contributed by atoms with Gasteiger partial charge in [0.2, 0.25) is 0 Å². The van der Waals surface area contributed by atoms with E-state index >= 15 is 0 Å². The zero-order valence-corrected chi connectivity index (χ0v) is 11.0. The molecule has 0 fully saturated rings. The molecular formula is C17H15NO2. The van der Waals surface area contributed by atoms with E-state index in [1.54, 1.807) is 0 Å². The van der Waals surface area contributed by atoms with Gasteiger partial charge < -0.3 is 9.14 Å². The molecule has 3 heteroatoms. The van der Waals surface area contributed by atoms with E-state index in [0.717, 1.165) is 6.42 Å². The van der Waals surface area contributed by atoms with E-state index in [9.17, 15) is 4.79 Å². The number of pyridine rings is 1. The molecule has 20 heavy (non-hydrogen) atoms. The van der Waals surface area contributed by atoms with Crippen LogP contribution in [0.25, 0.3) is 16.6 Å². The van der Waals surface area contributed by atoms with Crippen molar-refractivity contribution < 1.29 is 9.53 Å². The molecule has 3 nitrogen and oxygen atoms in total. The van der Waals surface area contributed by atoms with Crippen LogP contribution in [0.5, 0.6) is 0 Å². The molecule has 0 spiro atoms. The minimum atomic E-state index is 0.409. The number of aromatic nitrogens is 1. The molecule has 0 saturated carbocycles. The predicted octanol–water partition coefficient (Wildman–Crippen LogP) is 3.32. The molecule has 0 radical (unpaired) electrons. The molecule has 3 rings (SSSR count). The van der Waals surface area contributed by atoms with Gasteiger partial charge in [-0.2, -0.15) is 0 Å². The largest absolute Gasteiger partial charge is 0.468 e. The normalized spacial score (nSPS) is 10.6. The summed E-state index contributed by atoms with van der Waals surface area (Å²) in [6, 6.07) is 16.5. The number of hydrogen-bond donors (Lipinski definition) is 0. The molecule has 100 valence electrons. The highest BCUT2D eigenvalue weighted by Gasteiger charge is 2.09. The van der Waals surface area contributed by atoms with Crippen molar-refractivity contribution in [3.05, 3.63) is 66.5 Å². The summed E-state index contributed by atoms with van der Waals surface area (Å²) < 4.78 is 6.92. The Morgan fingerprint density at radius 1 is 1.00 bits per heavy atom. The number of nitrogens with zero attached hydrogens (tertiary/aromatic N) is 1. The van der Waals surface area contributed by atoms with Gasteiger partial charge in [-0.1, -0.05) is 36.4 Å². The summed E-state index contributed by atoms with van der Waals surface area (Å²) >= 11 is 0. The Bertz CT molecular complexity index is 716. The van der Waals surface area contributed by atoms with Crippen molar-refractivity contribution in [2.75, 3.05) is 6.61 Å². The molecule has 0 aliphatic carbocycles. The maximum Gasteiger partial charge on any atom is 0.293 e. The van der Waals surface area contributed by atoms with Crippen LogP contribution in [0.3, 0.4) is 0 Å². The average Bonchev–Trinajstić information content (AvgIpc) is 2.92. The fourth-order valence-electron chi connectivity index (χ4n) is 2.51. The van der Waals surface area contributed by atoms with Crippen LogP contribution in [-0.2, 0) is 16.0 Å². The van der Waals surface area contributed by atoms with Gasteiger partial charge in [0.1, 0.15) is 0 Å². The third kappa shape index (κ3) is 2.30. The number of ether oxygens (including phenoxy) is 1. The van der Waals surface area contributed by atoms with Crippen LogP contribution in [0.1, 0.15) is 5.56 Å². The summed E-state index contributed by atoms with van der Waals surface area (Å²) in [5.74, 6) is 0. The number of carbonyl (C=O) groups excluding carboxylic acids is 1. The van der Waals surface area contributed by atoms with Crippen LogP contribution in [0, 0.1) is 0 Å². The monoisotopic (exact) mass is 265 g/mol. The topological polar surface area (TPSA) is 30.7 Å². The molecule has 3 aromatic rings. The Labute approximate surface area is 117 Å². The number of benzene rings is 1. The Hall–Kier alpha value is -2.55. The van der Waals surface area contributed by atoms with Crippen LogP contribution in [0.4, 0.5) is 0 Å². The summed E-state index contributed by atoms with van der Waals surface area (Å²) in [5.41, 5.74) is 4.74. The summed E-state index contributed by atoms with van der Waals surface area (Å²) in [4.78, 5) is 10.3. The lowest BCUT2D eigenvalue weighted by atomic mass is 10.0. The van der Waals surface area contributed by atoms with E-state index in [2.05, 4.69) is 28.7 Å². The standard InChI is InChI=1S/C17H15NO2/c19-13-20-12-9-15-8-11-18-10-4-7-16(17(15)18)14-5-2-1-3-6-14/h1-8,10-11,13H,9,12H2. The SMILES string of the molecule is O=COCCc1ccn2cccc(-c3ccccc3)c12. The van der Waals surface area contributed by atoms with Gasteiger partial charge in [0.15, 0.2) is 0 Å². The van der Waals surface area contributed by atoms with E-state index in [1.807, 2.05) is 36.7 Å². The van der Waals surface area contributed by atoms with Crippen LogP contribution in [0.15, 0.2) is 60.9 Å². The molecule has 2 aromatic heterocycles. The molecule has 0 N–H and O–H groups in total. The Morgan fingerprint density at radius 2 is 1.85 bits per heavy atom. The molecule has 2 heterocycles. The van der Waals surface area contributed by atoms with Crippen molar-refractivity contribution >= 4 is 12.0 Å². The molecule has 0 aliphatic heterocycles. The van der Waals surface area contributed by atoms with E-state index in [0.29, 0.717) is 13.1 Å². The van der Waals surface area contributed by atoms with Crippen molar-refractivity contribution in [3.63, 3.8) is 0 Å². The first-order chi connectivity index (χ1) is 9.90. The minimum absolute atomic E-state index is 0.409. The van der Waals surface area contributed by atoms with Crippen LogP contribution < -0.4 is 0 Å². The highest BCUT2D eigenvalue weighted by Crippen LogP contribution is 2.27. The molecule has 0 atom stereocenters. The van der Waals surface area contributed by atoms with Crippen LogP contribution in [-0.4, -0.2) is 17.5 Å². The first-order valence-electron chi connectivity index (χ1n) is 6.59. The van der Waals surface area contributed by atoms with Gasteiger partial charge in [-0.15, -0.1) is 0 Å². The van der Waals surface area contributed by atoms with Gasteiger partial charge in [0, 0.05) is 24.4 Å². The third-order valence-corrected chi connectivity index (χ3v) is 3.41. The molecule has 0 amide bonds. The lowest BCUT2D eigenvalue weighted by Crippen LogP contribution is -1.97. The van der Waals surface area contributed by atoms with Gasteiger partial charge in [-0.25, -0.2) is 0 Å². The molecule has 0 saturated heterocycles. The van der Waals surface area contributed by atoms with Gasteiger partial charge in [-0.3, -0.25) is 4.79 Å². The highest BCUT2D eigenvalue weighted by atomic mass is 16.5. The van der Waals surface area contributed by atoms with Crippen molar-refractivity contribution in [2.24, 2.45) is 0 Å². The number of hydrogen-bond acceptors (Lipinski definition) is 2. The van der Waals surface area contributed by atoms with Crippen molar-refractivity contribution in [3.8, 4) is 11.1 Å². The fraction of sp³-hybridized carbons (Fsp3) is 0.118. The maximum atomic E-state index is 10.3. The third-order valence-electron chi connectivity index (χ3n) is 3.41. The second-order valence-corrected chi connectivity index (χ2v) is 4.60. The second-order valence-electron chi connectivity index (χ2n) is 4.60. The lowest BCUT2D eigenvalue weighted by Gasteiger charge is -2.08. The van der Waals surface area contributed by atoms with Gasteiger partial charge in [0.25, 0.3) is 6.47 Å². The van der Waals surface area contributed by atoms with E-state index in [1.165, 1.54) is 22.2 Å². The number of carbonyl (C=O) groups is 1. The summed E-state index contributed by atoms with van der Waals surface area (Å²) in [6.45, 7) is 0.905. The van der Waals surface area contributed by atoms with Gasteiger partial charge >= 0.3 is 0 Å². The lowest BCUT2D eigenvalue weighted by molar-refractivity contribution is -0.128. The smallest absolute Gasteiger partial charge is 0.293 e. The summed E-state index contributed by atoms with van der Waals surface area (Å²) in [7, 11) is 0. The van der Waals surface area contributed by atoms with Gasteiger partial charge in [-0.05, 0) is 23.3 Å². The number of fused-ring (bicyclic) bond motifs is 1. The zero-order chi connectivity index (χ0) is 13.8. The minimum Gasteiger partial charge on any atom is -0.468 e. The predicted molar refractivity (Wildman–Crippen MR) is 78.6 cm³/mol. The Morgan fingerprint density at radius 3 is 2.65 bits per heavy atom. The van der Waals surface area contributed by atoms with Crippen molar-refractivity contribution in [1.29, 1.82) is 0 Å². The number of rotatable bonds is 5. The van der Waals surface area contributed by atoms with Crippen LogP contribution in [0.2, 0.25) is 0 Å². The average molecular weight is 265 g/mol. The first-order valence-corrected chi connectivity index (χ1v) is 6.59. The quantitative estimate of drug-likeness (QED) is 0.523. The maximum absolute atomic E-state index is 10.3. The summed E-state index contributed by atoms with van der Waals surface area (Å²) in [6.07, 6.45) is 4.79. The zero-order valence-electron chi connectivity index (χ0n) is 11.0. The second kappa shape index (κ2) is 5.61. The van der Waals surface area contributed by atoms with Crippen LogP contribution >= 0.6 is 0 Å². The summed E-state index contributed by atoms with van der Waals surface area (Å²) in [5, 5.41) is 0.